The number of hydrogen-bond donors (Lipinski definition) is 0. The number of ether oxygens (including phenoxy) is 3. The van der Waals surface area contributed by atoms with Crippen molar-refractivity contribution in [1.82, 2.24) is 19.9 Å². The molecule has 41 heavy (non-hydrogen) atoms. The number of hydrogen-bond acceptors (Lipinski definition) is 9. The molecule has 5 heterocycles. The molecule has 0 N–H and O–H groups in total. The molecule has 0 aromatic carbocycles. The Morgan fingerprint density at radius 1 is 1.12 bits per heavy atom. The molecule has 4 aromatic rings. The van der Waals surface area contributed by atoms with Crippen LogP contribution >= 0.6 is 12.4 Å². The predicted molar refractivity (Wildman–Crippen MR) is 156 cm³/mol. The molecule has 1 amide bonds. The lowest BCUT2D eigenvalue weighted by molar-refractivity contribution is 0.0253. The van der Waals surface area contributed by atoms with Crippen molar-refractivity contribution in [2.24, 2.45) is 0 Å². The average Bonchev–Trinajstić information content (AvgIpc) is 3.40. The second-order valence-corrected chi connectivity index (χ2v) is 10.1. The molecule has 0 radical (unpaired) electrons. The molecule has 1 saturated heterocycles. The van der Waals surface area contributed by atoms with Crippen LogP contribution in [0.25, 0.3) is 33.8 Å². The van der Waals surface area contributed by atoms with Crippen molar-refractivity contribution >= 4 is 29.4 Å². The van der Waals surface area contributed by atoms with Gasteiger partial charge in [0.2, 0.25) is 0 Å². The topological polar surface area (TPSA) is 124 Å². The molecule has 10 nitrogen and oxygen atoms in total. The largest absolute Gasteiger partial charge is 0.494 e. The van der Waals surface area contributed by atoms with Gasteiger partial charge in [-0.1, -0.05) is 13.8 Å². The zero-order chi connectivity index (χ0) is 28.4. The monoisotopic (exact) mass is 577 g/mol. The lowest BCUT2D eigenvalue weighted by Crippen LogP contribution is -2.26. The molecule has 1 fully saturated rings. The van der Waals surface area contributed by atoms with Crippen molar-refractivity contribution in [1.29, 1.82) is 5.26 Å². The highest BCUT2D eigenvalue weighted by molar-refractivity contribution is 5.96. The van der Waals surface area contributed by atoms with Gasteiger partial charge in [-0.3, -0.25) is 9.78 Å². The van der Waals surface area contributed by atoms with Crippen LogP contribution in [0.15, 0.2) is 41.1 Å². The SMILES string of the molecule is COc1cc(C(=O)N(C)C)cnc1-c1cc2ncc(C(C)C)c(-c3ccc(OC4CCOCC4)c(C#N)n3)c2o1.Cl. The van der Waals surface area contributed by atoms with Gasteiger partial charge >= 0.3 is 0 Å². The number of amides is 1. The predicted octanol–water partition coefficient (Wildman–Crippen LogP) is 5.64. The molecule has 1 aliphatic heterocycles. The number of pyridine rings is 3. The van der Waals surface area contributed by atoms with E-state index in [1.165, 1.54) is 18.2 Å². The van der Waals surface area contributed by atoms with Gasteiger partial charge in [0.05, 0.1) is 37.1 Å². The lowest BCUT2D eigenvalue weighted by Gasteiger charge is -2.23. The highest BCUT2D eigenvalue weighted by Crippen LogP contribution is 2.40. The Morgan fingerprint density at radius 3 is 2.54 bits per heavy atom. The molecule has 214 valence electrons. The molecule has 0 unspecified atom stereocenters. The van der Waals surface area contributed by atoms with Crippen LogP contribution in [0.3, 0.4) is 0 Å². The maximum absolute atomic E-state index is 12.4. The number of aromatic nitrogens is 3. The van der Waals surface area contributed by atoms with E-state index in [0.717, 1.165) is 24.0 Å². The average molecular weight is 578 g/mol. The maximum atomic E-state index is 12.4. The van der Waals surface area contributed by atoms with E-state index in [9.17, 15) is 10.1 Å². The van der Waals surface area contributed by atoms with Crippen molar-refractivity contribution in [2.45, 2.75) is 38.7 Å². The van der Waals surface area contributed by atoms with Crippen LogP contribution in [0.4, 0.5) is 0 Å². The van der Waals surface area contributed by atoms with Gasteiger partial charge in [-0.2, -0.15) is 5.26 Å². The standard InChI is InChI=1S/C30H31N5O5.ClH/c1-17(2)20-16-32-22-13-26(28-25(37-5)12-18(15-33-28)30(36)35(3)4)40-29(22)27(20)21-6-7-24(23(14-31)34-21)39-19-8-10-38-11-9-19;/h6-7,12-13,15-17,19H,8-11H2,1-5H3;1H. The van der Waals surface area contributed by atoms with E-state index in [1.807, 2.05) is 12.3 Å². The molecule has 0 aliphatic carbocycles. The van der Waals surface area contributed by atoms with E-state index >= 15 is 0 Å². The summed E-state index contributed by atoms with van der Waals surface area (Å²) in [6.45, 7) is 5.41. The third kappa shape index (κ3) is 5.97. The molecule has 11 heteroatoms. The Bertz CT molecular complexity index is 1610. The summed E-state index contributed by atoms with van der Waals surface area (Å²) >= 11 is 0. The Labute approximate surface area is 244 Å². The van der Waals surface area contributed by atoms with E-state index < -0.39 is 0 Å². The number of methoxy groups -OCH3 is 1. The Balaban J connectivity index is 0.00000387. The summed E-state index contributed by atoms with van der Waals surface area (Å²) in [5.74, 6) is 1.21. The molecular weight excluding hydrogens is 546 g/mol. The van der Waals surface area contributed by atoms with Gasteiger partial charge in [0.25, 0.3) is 5.91 Å². The first-order valence-electron chi connectivity index (χ1n) is 13.1. The van der Waals surface area contributed by atoms with E-state index in [1.54, 1.807) is 32.3 Å². The summed E-state index contributed by atoms with van der Waals surface area (Å²) in [5, 5.41) is 9.92. The van der Waals surface area contributed by atoms with Gasteiger partial charge in [0.15, 0.2) is 22.8 Å². The summed E-state index contributed by atoms with van der Waals surface area (Å²) in [4.78, 5) is 27.8. The van der Waals surface area contributed by atoms with Crippen LogP contribution in [0.2, 0.25) is 0 Å². The van der Waals surface area contributed by atoms with Crippen LogP contribution < -0.4 is 9.47 Å². The number of carbonyl (C=O) groups excluding carboxylic acids is 1. The normalized spacial score (nSPS) is 13.5. The number of nitriles is 1. The maximum Gasteiger partial charge on any atom is 0.255 e. The molecule has 0 atom stereocenters. The Morgan fingerprint density at radius 2 is 1.88 bits per heavy atom. The fourth-order valence-electron chi connectivity index (χ4n) is 4.70. The van der Waals surface area contributed by atoms with E-state index in [-0.39, 0.29) is 36.0 Å². The van der Waals surface area contributed by atoms with Crippen LogP contribution in [0, 0.1) is 11.3 Å². The lowest BCUT2D eigenvalue weighted by atomic mass is 9.96. The van der Waals surface area contributed by atoms with Crippen LogP contribution in [-0.2, 0) is 4.74 Å². The van der Waals surface area contributed by atoms with Crippen molar-refractivity contribution < 1.29 is 23.4 Å². The number of fused-ring (bicyclic) bond motifs is 1. The van der Waals surface area contributed by atoms with Gasteiger partial charge in [-0.05, 0) is 29.7 Å². The first-order valence-corrected chi connectivity index (χ1v) is 13.1. The summed E-state index contributed by atoms with van der Waals surface area (Å²) in [6, 6.07) is 9.26. The fraction of sp³-hybridized carbons (Fsp3) is 0.367. The van der Waals surface area contributed by atoms with Crippen LogP contribution in [-0.4, -0.2) is 66.3 Å². The van der Waals surface area contributed by atoms with Crippen molar-refractivity contribution in [3.05, 3.63) is 53.5 Å². The van der Waals surface area contributed by atoms with Crippen molar-refractivity contribution in [2.75, 3.05) is 34.4 Å². The van der Waals surface area contributed by atoms with Gasteiger partial charge in [-0.15, -0.1) is 12.4 Å². The van der Waals surface area contributed by atoms with E-state index in [2.05, 4.69) is 29.9 Å². The first kappa shape index (κ1) is 29.8. The third-order valence-electron chi connectivity index (χ3n) is 6.83. The fourth-order valence-corrected chi connectivity index (χ4v) is 4.70. The second-order valence-electron chi connectivity index (χ2n) is 10.1. The van der Waals surface area contributed by atoms with E-state index in [0.29, 0.717) is 58.5 Å². The van der Waals surface area contributed by atoms with Gasteiger partial charge in [0.1, 0.15) is 29.1 Å². The second kappa shape index (κ2) is 12.5. The smallest absolute Gasteiger partial charge is 0.255 e. The number of carbonyl (C=O) groups is 1. The van der Waals surface area contributed by atoms with Crippen LogP contribution in [0.1, 0.15) is 54.2 Å². The highest BCUT2D eigenvalue weighted by atomic mass is 35.5. The minimum absolute atomic E-state index is 0. The minimum Gasteiger partial charge on any atom is -0.494 e. The molecule has 4 aromatic heterocycles. The molecule has 0 spiro atoms. The zero-order valence-corrected chi connectivity index (χ0v) is 24.4. The molecular formula is C30H32ClN5O5. The summed E-state index contributed by atoms with van der Waals surface area (Å²) in [6.07, 6.45) is 4.84. The minimum atomic E-state index is -0.184. The first-order chi connectivity index (χ1) is 19.3. The Kier molecular flexibility index (Phi) is 9.11. The molecule has 1 aliphatic rings. The van der Waals surface area contributed by atoms with Crippen LogP contribution in [0.5, 0.6) is 11.5 Å². The number of rotatable bonds is 7. The highest BCUT2D eigenvalue weighted by Gasteiger charge is 2.24. The molecule has 0 saturated carbocycles. The summed E-state index contributed by atoms with van der Waals surface area (Å²) in [5.41, 5.74) is 4.44. The van der Waals surface area contributed by atoms with Gasteiger partial charge < -0.3 is 23.5 Å². The number of nitrogens with zero attached hydrogens (tertiary/aromatic N) is 5. The summed E-state index contributed by atoms with van der Waals surface area (Å²) in [7, 11) is 4.87. The Hall–Kier alpha value is -4.20. The zero-order valence-electron chi connectivity index (χ0n) is 23.6. The van der Waals surface area contributed by atoms with E-state index in [4.69, 9.17) is 23.6 Å². The molecule has 5 rings (SSSR count). The van der Waals surface area contributed by atoms with Gasteiger partial charge in [0, 0.05) is 45.4 Å². The molecule has 0 bridgehead atoms. The number of furan rings is 1. The van der Waals surface area contributed by atoms with Crippen molar-refractivity contribution in [3.8, 4) is 40.3 Å². The van der Waals surface area contributed by atoms with Crippen molar-refractivity contribution in [3.63, 3.8) is 0 Å². The third-order valence-corrected chi connectivity index (χ3v) is 6.83. The summed E-state index contributed by atoms with van der Waals surface area (Å²) < 4.78 is 23.5. The van der Waals surface area contributed by atoms with Gasteiger partial charge in [-0.25, -0.2) is 9.97 Å². The number of halogens is 1. The quantitative estimate of drug-likeness (QED) is 0.274.